The van der Waals surface area contributed by atoms with Gasteiger partial charge >= 0.3 is 0 Å². The number of ketones is 2. The van der Waals surface area contributed by atoms with Gasteiger partial charge in [-0.1, -0.05) is 63.6 Å². The lowest BCUT2D eigenvalue weighted by atomic mass is 9.63. The Hall–Kier alpha value is -3.35. The maximum Gasteiger partial charge on any atom is 0.165 e. The van der Waals surface area contributed by atoms with Crippen LogP contribution in [0, 0.1) is 10.8 Å². The van der Waals surface area contributed by atoms with Gasteiger partial charge in [-0.25, -0.2) is 0 Å². The second kappa shape index (κ2) is 12.6. The summed E-state index contributed by atoms with van der Waals surface area (Å²) < 4.78 is 17.8. The lowest BCUT2D eigenvalue weighted by Gasteiger charge is -2.49. The van der Waals surface area contributed by atoms with Gasteiger partial charge in [-0.2, -0.15) is 0 Å². The number of halogens is 1. The smallest absolute Gasteiger partial charge is 0.165 e. The van der Waals surface area contributed by atoms with Crippen LogP contribution in [0.5, 0.6) is 11.5 Å². The molecule has 0 N–H and O–H groups in total. The topological polar surface area (TPSA) is 65.1 Å². The third kappa shape index (κ3) is 6.38. The highest BCUT2D eigenvalue weighted by Gasteiger charge is 2.49. The molecule has 0 saturated heterocycles. The van der Waals surface area contributed by atoms with Gasteiger partial charge in [0, 0.05) is 65.5 Å². The van der Waals surface area contributed by atoms with Crippen molar-refractivity contribution in [3.8, 4) is 11.5 Å². The van der Waals surface area contributed by atoms with E-state index in [4.69, 9.17) is 25.8 Å². The molecule has 234 valence electrons. The van der Waals surface area contributed by atoms with Crippen LogP contribution in [0.1, 0.15) is 76.0 Å². The Morgan fingerprint density at radius 2 is 1.59 bits per heavy atom. The van der Waals surface area contributed by atoms with Crippen LogP contribution in [0.4, 0.5) is 0 Å². The molecule has 0 spiro atoms. The summed E-state index contributed by atoms with van der Waals surface area (Å²) in [7, 11) is 3.31. The molecule has 1 aliphatic heterocycles. The first-order valence-electron chi connectivity index (χ1n) is 15.4. The summed E-state index contributed by atoms with van der Waals surface area (Å²) in [4.78, 5) is 30.5. The fourth-order valence-corrected chi connectivity index (χ4v) is 7.30. The first kappa shape index (κ1) is 32.1. The Bertz CT molecular complexity index is 1490. The zero-order chi connectivity index (χ0) is 31.8. The van der Waals surface area contributed by atoms with Crippen molar-refractivity contribution in [2.45, 2.75) is 72.3 Å². The number of benzene rings is 2. The number of Topliss-reactive ketones (excluding diaryl/α,β-unsaturated/α-hetero) is 2. The Morgan fingerprint density at radius 3 is 2.14 bits per heavy atom. The van der Waals surface area contributed by atoms with Gasteiger partial charge in [0.1, 0.15) is 6.61 Å². The van der Waals surface area contributed by atoms with E-state index < -0.39 is 5.92 Å². The summed E-state index contributed by atoms with van der Waals surface area (Å²) in [5.41, 5.74) is 5.79. The quantitative estimate of drug-likeness (QED) is 0.252. The van der Waals surface area contributed by atoms with Crippen molar-refractivity contribution >= 4 is 23.2 Å². The van der Waals surface area contributed by atoms with Crippen molar-refractivity contribution in [3.63, 3.8) is 0 Å². The molecule has 0 aromatic heterocycles. The van der Waals surface area contributed by atoms with Crippen LogP contribution < -0.4 is 9.47 Å². The molecular weight excluding hydrogens is 574 g/mol. The highest BCUT2D eigenvalue weighted by molar-refractivity contribution is 6.30. The minimum absolute atomic E-state index is 0.0957. The molecule has 2 aromatic carbocycles. The van der Waals surface area contributed by atoms with Gasteiger partial charge in [0.15, 0.2) is 23.1 Å². The average Bonchev–Trinajstić information content (AvgIpc) is 2.93. The van der Waals surface area contributed by atoms with E-state index in [0.717, 1.165) is 52.1 Å². The molecule has 0 fully saturated rings. The molecule has 44 heavy (non-hydrogen) atoms. The first-order valence-corrected chi connectivity index (χ1v) is 15.7. The molecular formula is C37H44ClNO5. The Balaban J connectivity index is 1.70. The number of methoxy groups -OCH3 is 2. The molecule has 7 heteroatoms. The number of allylic oxidation sites excluding steroid dienone is 5. The van der Waals surface area contributed by atoms with Crippen LogP contribution in [0.2, 0.25) is 5.02 Å². The molecule has 0 radical (unpaired) electrons. The molecule has 0 atom stereocenters. The second-order valence-corrected chi connectivity index (χ2v) is 14.2. The molecule has 1 heterocycles. The normalized spacial score (nSPS) is 19.6. The third-order valence-electron chi connectivity index (χ3n) is 8.88. The number of hydrogen-bond donors (Lipinski definition) is 0. The number of rotatable bonds is 10. The van der Waals surface area contributed by atoms with Crippen molar-refractivity contribution < 1.29 is 23.8 Å². The number of carbonyl (C=O) groups excluding carboxylic acids is 2. The van der Waals surface area contributed by atoms with E-state index in [1.54, 1.807) is 14.2 Å². The Labute approximate surface area is 266 Å². The van der Waals surface area contributed by atoms with Crippen molar-refractivity contribution in [1.82, 2.24) is 4.90 Å². The van der Waals surface area contributed by atoms with E-state index in [1.807, 2.05) is 36.4 Å². The number of nitrogens with zero attached hydrogens (tertiary/aromatic N) is 1. The monoisotopic (exact) mass is 617 g/mol. The molecule has 0 amide bonds. The molecule has 3 aliphatic rings. The molecule has 2 aromatic rings. The molecule has 6 nitrogen and oxygen atoms in total. The number of ether oxygens (including phenoxy) is 3. The number of carbonyl (C=O) groups is 2. The molecule has 0 bridgehead atoms. The van der Waals surface area contributed by atoms with Crippen LogP contribution in [-0.2, 0) is 27.4 Å². The van der Waals surface area contributed by atoms with Crippen molar-refractivity contribution in [2.75, 3.05) is 27.4 Å². The zero-order valence-electron chi connectivity index (χ0n) is 26.8. The summed E-state index contributed by atoms with van der Waals surface area (Å²) >= 11 is 6.21. The standard InChI is InChI=1S/C37H44ClNO5/c1-8-10-24-16-25(17-31(43-7)35(24)44-22-23-11-9-12-26(38)15-23)32-33-27(18-36(2,3)20-29(33)40)39(13-14-42-6)28-19-37(4,5)21-30(41)34(28)32/h8-9,11-12,15-17,32H,1,10,13-14,18-22H2,2-7H3. The van der Waals surface area contributed by atoms with E-state index in [9.17, 15) is 9.59 Å². The SMILES string of the molecule is C=CCc1cc(C2C3=C(CC(C)(C)CC3=O)N(CCOC)C3=C2C(=O)CC(C)(C)C3)cc(OC)c1OCc1cccc(Cl)c1. The van der Waals surface area contributed by atoms with E-state index in [-0.39, 0.29) is 22.4 Å². The average molecular weight is 618 g/mol. The number of hydrogen-bond acceptors (Lipinski definition) is 6. The van der Waals surface area contributed by atoms with Crippen molar-refractivity contribution in [2.24, 2.45) is 10.8 Å². The maximum absolute atomic E-state index is 14.1. The highest BCUT2D eigenvalue weighted by atomic mass is 35.5. The largest absolute Gasteiger partial charge is 0.493 e. The fourth-order valence-electron chi connectivity index (χ4n) is 7.09. The summed E-state index contributed by atoms with van der Waals surface area (Å²) in [5.74, 6) is 0.881. The van der Waals surface area contributed by atoms with Gasteiger partial charge < -0.3 is 19.1 Å². The van der Waals surface area contributed by atoms with Gasteiger partial charge in [-0.15, -0.1) is 6.58 Å². The van der Waals surface area contributed by atoms with E-state index in [0.29, 0.717) is 55.5 Å². The third-order valence-corrected chi connectivity index (χ3v) is 9.12. The van der Waals surface area contributed by atoms with E-state index in [2.05, 4.69) is 45.2 Å². The van der Waals surface area contributed by atoms with Crippen molar-refractivity contribution in [1.29, 1.82) is 0 Å². The molecule has 0 unspecified atom stereocenters. The summed E-state index contributed by atoms with van der Waals surface area (Å²) in [6.07, 6.45) is 4.71. The maximum atomic E-state index is 14.1. The van der Waals surface area contributed by atoms with E-state index in [1.165, 1.54) is 0 Å². The predicted molar refractivity (Wildman–Crippen MR) is 174 cm³/mol. The zero-order valence-corrected chi connectivity index (χ0v) is 27.6. The lowest BCUT2D eigenvalue weighted by Crippen LogP contribution is -2.45. The van der Waals surface area contributed by atoms with Crippen LogP contribution in [0.25, 0.3) is 0 Å². The van der Waals surface area contributed by atoms with Gasteiger partial charge in [0.05, 0.1) is 13.7 Å². The van der Waals surface area contributed by atoms with Gasteiger partial charge in [0.2, 0.25) is 0 Å². The highest BCUT2D eigenvalue weighted by Crippen LogP contribution is 2.55. The molecule has 2 aliphatic carbocycles. The molecule has 5 rings (SSSR count). The van der Waals surface area contributed by atoms with Gasteiger partial charge in [0.25, 0.3) is 0 Å². The van der Waals surface area contributed by atoms with Crippen LogP contribution in [0.15, 0.2) is 71.6 Å². The Morgan fingerprint density at radius 1 is 0.955 bits per heavy atom. The summed E-state index contributed by atoms with van der Waals surface area (Å²) in [6, 6.07) is 11.6. The fraction of sp³-hybridized carbons (Fsp3) is 0.459. The first-order chi connectivity index (χ1) is 20.9. The van der Waals surface area contributed by atoms with E-state index >= 15 is 0 Å². The summed E-state index contributed by atoms with van der Waals surface area (Å²) in [6.45, 7) is 14.0. The summed E-state index contributed by atoms with van der Waals surface area (Å²) in [5, 5.41) is 0.644. The van der Waals surface area contributed by atoms with Crippen LogP contribution >= 0.6 is 11.6 Å². The minimum Gasteiger partial charge on any atom is -0.493 e. The van der Waals surface area contributed by atoms with Crippen LogP contribution in [-0.4, -0.2) is 43.8 Å². The minimum atomic E-state index is -0.481. The predicted octanol–water partition coefficient (Wildman–Crippen LogP) is 7.99. The molecule has 0 saturated carbocycles. The second-order valence-electron chi connectivity index (χ2n) is 13.8. The van der Waals surface area contributed by atoms with Gasteiger partial charge in [-0.05, 0) is 59.4 Å². The van der Waals surface area contributed by atoms with Crippen LogP contribution in [0.3, 0.4) is 0 Å². The van der Waals surface area contributed by atoms with Crippen molar-refractivity contribution in [3.05, 3.63) is 93.3 Å². The lowest BCUT2D eigenvalue weighted by molar-refractivity contribution is -0.119. The van der Waals surface area contributed by atoms with Gasteiger partial charge in [-0.3, -0.25) is 9.59 Å². The Kier molecular flexibility index (Phi) is 9.16.